The first kappa shape index (κ1) is 8.20. The van der Waals surface area contributed by atoms with Gasteiger partial charge in [0.15, 0.2) is 11.5 Å². The van der Waals surface area contributed by atoms with E-state index in [0.717, 1.165) is 10.2 Å². The van der Waals surface area contributed by atoms with Crippen molar-refractivity contribution in [2.75, 3.05) is 13.2 Å². The second-order valence-corrected chi connectivity index (χ2v) is 3.59. The molecule has 4 heteroatoms. The van der Waals surface area contributed by atoms with Crippen LogP contribution in [0.3, 0.4) is 0 Å². The first-order chi connectivity index (χ1) is 5.79. The van der Waals surface area contributed by atoms with Crippen molar-refractivity contribution in [2.24, 2.45) is 0 Å². The zero-order valence-electron chi connectivity index (χ0n) is 6.14. The molecule has 2 nitrogen and oxygen atoms in total. The predicted octanol–water partition coefficient (Wildman–Crippen LogP) is 2.87. The molecular formula is C8H6BrClO2. The summed E-state index contributed by atoms with van der Waals surface area (Å²) in [5, 5.41) is 0.638. The Kier molecular flexibility index (Phi) is 2.15. The van der Waals surface area contributed by atoms with Gasteiger partial charge in [-0.2, -0.15) is 0 Å². The molecule has 0 spiro atoms. The van der Waals surface area contributed by atoms with Gasteiger partial charge in [0.25, 0.3) is 0 Å². The number of benzene rings is 1. The Morgan fingerprint density at radius 1 is 1.25 bits per heavy atom. The van der Waals surface area contributed by atoms with Crippen LogP contribution in [0.2, 0.25) is 5.02 Å². The summed E-state index contributed by atoms with van der Waals surface area (Å²) in [6.07, 6.45) is 0. The third-order valence-corrected chi connectivity index (χ3v) is 2.93. The first-order valence-corrected chi connectivity index (χ1v) is 4.70. The molecular weight excluding hydrogens is 243 g/mol. The van der Waals surface area contributed by atoms with E-state index in [2.05, 4.69) is 15.9 Å². The second-order valence-electron chi connectivity index (χ2n) is 2.39. The number of hydrogen-bond acceptors (Lipinski definition) is 2. The molecule has 1 aromatic carbocycles. The van der Waals surface area contributed by atoms with Gasteiger partial charge < -0.3 is 9.47 Å². The molecule has 0 fully saturated rings. The van der Waals surface area contributed by atoms with Gasteiger partial charge in [-0.15, -0.1) is 0 Å². The lowest BCUT2D eigenvalue weighted by atomic mass is 10.3. The summed E-state index contributed by atoms with van der Waals surface area (Å²) in [6.45, 7) is 1.17. The SMILES string of the molecule is Clc1ccc2c(c1Br)OCCO2. The molecule has 0 saturated carbocycles. The van der Waals surface area contributed by atoms with Gasteiger partial charge in [0.2, 0.25) is 0 Å². The standard InChI is InChI=1S/C8H6BrClO2/c9-7-5(10)1-2-6-8(7)12-4-3-11-6/h1-2H,3-4H2. The fraction of sp³-hybridized carbons (Fsp3) is 0.250. The number of halogens is 2. The molecule has 1 heterocycles. The van der Waals surface area contributed by atoms with Crippen molar-refractivity contribution in [1.82, 2.24) is 0 Å². The molecule has 0 saturated heterocycles. The topological polar surface area (TPSA) is 18.5 Å². The van der Waals surface area contributed by atoms with Crippen LogP contribution in [-0.2, 0) is 0 Å². The van der Waals surface area contributed by atoms with Gasteiger partial charge >= 0.3 is 0 Å². The Morgan fingerprint density at radius 3 is 2.83 bits per heavy atom. The van der Waals surface area contributed by atoms with Gasteiger partial charge in [0, 0.05) is 0 Å². The van der Waals surface area contributed by atoms with Gasteiger partial charge in [-0.1, -0.05) is 11.6 Å². The van der Waals surface area contributed by atoms with Gasteiger partial charge in [-0.05, 0) is 28.1 Å². The Balaban J connectivity index is 2.54. The zero-order valence-corrected chi connectivity index (χ0v) is 8.48. The average Bonchev–Trinajstić information content (AvgIpc) is 2.12. The molecule has 64 valence electrons. The van der Waals surface area contributed by atoms with Crippen molar-refractivity contribution in [3.63, 3.8) is 0 Å². The van der Waals surface area contributed by atoms with Gasteiger partial charge in [0.1, 0.15) is 13.2 Å². The summed E-state index contributed by atoms with van der Waals surface area (Å²) in [6, 6.07) is 3.58. The average molecular weight is 249 g/mol. The minimum absolute atomic E-state index is 0.575. The molecule has 0 N–H and O–H groups in total. The molecule has 0 radical (unpaired) electrons. The molecule has 1 aliphatic rings. The Labute approximate surface area is 83.6 Å². The fourth-order valence-electron chi connectivity index (χ4n) is 1.06. The van der Waals surface area contributed by atoms with Crippen LogP contribution in [-0.4, -0.2) is 13.2 Å². The number of hydrogen-bond donors (Lipinski definition) is 0. The maximum absolute atomic E-state index is 5.86. The molecule has 12 heavy (non-hydrogen) atoms. The van der Waals surface area contributed by atoms with Gasteiger partial charge in [-0.3, -0.25) is 0 Å². The lowest BCUT2D eigenvalue weighted by Gasteiger charge is -2.19. The lowest BCUT2D eigenvalue weighted by Crippen LogP contribution is -2.15. The van der Waals surface area contributed by atoms with E-state index in [0.29, 0.717) is 24.0 Å². The quantitative estimate of drug-likeness (QED) is 0.704. The highest BCUT2D eigenvalue weighted by molar-refractivity contribution is 9.10. The molecule has 0 bridgehead atoms. The lowest BCUT2D eigenvalue weighted by molar-refractivity contribution is 0.170. The number of rotatable bonds is 0. The Hall–Kier alpha value is -0.410. The maximum atomic E-state index is 5.86. The number of fused-ring (bicyclic) bond motifs is 1. The minimum Gasteiger partial charge on any atom is -0.486 e. The normalized spacial score (nSPS) is 14.5. The summed E-state index contributed by atoms with van der Waals surface area (Å²) < 4.78 is 11.5. The van der Waals surface area contributed by atoms with E-state index in [-0.39, 0.29) is 0 Å². The van der Waals surface area contributed by atoms with Crippen molar-refractivity contribution in [2.45, 2.75) is 0 Å². The van der Waals surface area contributed by atoms with E-state index in [9.17, 15) is 0 Å². The van der Waals surface area contributed by atoms with Crippen LogP contribution >= 0.6 is 27.5 Å². The highest BCUT2D eigenvalue weighted by Crippen LogP contribution is 2.41. The number of ether oxygens (including phenoxy) is 2. The fourth-order valence-corrected chi connectivity index (χ4v) is 1.65. The molecule has 1 aromatic rings. The largest absolute Gasteiger partial charge is 0.486 e. The molecule has 0 amide bonds. The molecule has 0 aromatic heterocycles. The third-order valence-electron chi connectivity index (χ3n) is 1.60. The van der Waals surface area contributed by atoms with Crippen LogP contribution in [0, 0.1) is 0 Å². The monoisotopic (exact) mass is 248 g/mol. The van der Waals surface area contributed by atoms with Crippen molar-refractivity contribution in [3.05, 3.63) is 21.6 Å². The van der Waals surface area contributed by atoms with Crippen molar-refractivity contribution < 1.29 is 9.47 Å². The molecule has 1 aliphatic heterocycles. The molecule has 0 aliphatic carbocycles. The van der Waals surface area contributed by atoms with Crippen molar-refractivity contribution in [1.29, 1.82) is 0 Å². The van der Waals surface area contributed by atoms with E-state index in [1.807, 2.05) is 6.07 Å². The first-order valence-electron chi connectivity index (χ1n) is 3.52. The van der Waals surface area contributed by atoms with E-state index in [4.69, 9.17) is 21.1 Å². The summed E-state index contributed by atoms with van der Waals surface area (Å²) in [5.41, 5.74) is 0. The van der Waals surface area contributed by atoms with Crippen LogP contribution < -0.4 is 9.47 Å². The van der Waals surface area contributed by atoms with Crippen LogP contribution in [0.5, 0.6) is 11.5 Å². The predicted molar refractivity (Wildman–Crippen MR) is 50.1 cm³/mol. The summed E-state index contributed by atoms with van der Waals surface area (Å²) in [5.74, 6) is 1.45. The van der Waals surface area contributed by atoms with E-state index in [1.165, 1.54) is 0 Å². The van der Waals surface area contributed by atoms with E-state index in [1.54, 1.807) is 6.07 Å². The summed E-state index contributed by atoms with van der Waals surface area (Å²) in [7, 11) is 0. The van der Waals surface area contributed by atoms with Crippen LogP contribution in [0.4, 0.5) is 0 Å². The summed E-state index contributed by atoms with van der Waals surface area (Å²) >= 11 is 9.19. The van der Waals surface area contributed by atoms with E-state index < -0.39 is 0 Å². The van der Waals surface area contributed by atoms with Crippen LogP contribution in [0.15, 0.2) is 16.6 Å². The maximum Gasteiger partial charge on any atom is 0.177 e. The van der Waals surface area contributed by atoms with Crippen molar-refractivity contribution >= 4 is 27.5 Å². The smallest absolute Gasteiger partial charge is 0.177 e. The summed E-state index contributed by atoms with van der Waals surface area (Å²) in [4.78, 5) is 0. The van der Waals surface area contributed by atoms with Crippen LogP contribution in [0.25, 0.3) is 0 Å². The van der Waals surface area contributed by atoms with E-state index >= 15 is 0 Å². The third kappa shape index (κ3) is 1.27. The highest BCUT2D eigenvalue weighted by Gasteiger charge is 2.16. The van der Waals surface area contributed by atoms with Gasteiger partial charge in [0.05, 0.1) is 9.50 Å². The highest BCUT2D eigenvalue weighted by atomic mass is 79.9. The molecule has 0 unspecified atom stereocenters. The zero-order chi connectivity index (χ0) is 8.55. The molecule has 0 atom stereocenters. The second kappa shape index (κ2) is 3.15. The van der Waals surface area contributed by atoms with Crippen LogP contribution in [0.1, 0.15) is 0 Å². The van der Waals surface area contributed by atoms with Crippen molar-refractivity contribution in [3.8, 4) is 11.5 Å². The Bertz CT molecular complexity index is 314. The van der Waals surface area contributed by atoms with Gasteiger partial charge in [-0.25, -0.2) is 0 Å². The molecule has 2 rings (SSSR count). The minimum atomic E-state index is 0.575. The Morgan fingerprint density at radius 2 is 2.00 bits per heavy atom.